The third-order valence-electron chi connectivity index (χ3n) is 4.29. The normalized spacial score (nSPS) is 10.9. The van der Waals surface area contributed by atoms with Crippen LogP contribution in [0.25, 0.3) is 22.5 Å². The number of carboxylic acids is 1. The summed E-state index contributed by atoms with van der Waals surface area (Å²) >= 11 is 0. The summed E-state index contributed by atoms with van der Waals surface area (Å²) in [6.45, 7) is -0.610. The van der Waals surface area contributed by atoms with Crippen LogP contribution in [-0.2, 0) is 11.2 Å². The predicted molar refractivity (Wildman–Crippen MR) is 104 cm³/mol. The molecule has 0 radical (unpaired) electrons. The monoisotopic (exact) mass is 423 g/mol. The van der Waals surface area contributed by atoms with Crippen LogP contribution in [0.3, 0.4) is 0 Å². The number of nitrogens with one attached hydrogen (secondary N) is 1. The molecule has 3 N–H and O–H groups in total. The van der Waals surface area contributed by atoms with Gasteiger partial charge >= 0.3 is 5.97 Å². The van der Waals surface area contributed by atoms with E-state index in [1.165, 1.54) is 24.4 Å². The van der Waals surface area contributed by atoms with E-state index >= 15 is 0 Å². The number of benzene rings is 1. The van der Waals surface area contributed by atoms with Crippen LogP contribution in [-0.4, -0.2) is 48.8 Å². The van der Waals surface area contributed by atoms with Crippen molar-refractivity contribution in [1.29, 1.82) is 0 Å². The molecular weight excluding hydrogens is 409 g/mol. The molecule has 0 fully saturated rings. The maximum atomic E-state index is 13.1. The number of fused-ring (bicyclic) bond motifs is 1. The van der Waals surface area contributed by atoms with Gasteiger partial charge < -0.3 is 19.9 Å². The lowest BCUT2D eigenvalue weighted by atomic mass is 10.1. The van der Waals surface area contributed by atoms with E-state index in [4.69, 9.17) is 9.52 Å². The average Bonchev–Trinajstić information content (AvgIpc) is 3.22. The average molecular weight is 423 g/mol. The molecule has 4 aromatic rings. The van der Waals surface area contributed by atoms with Crippen LogP contribution < -0.4 is 5.32 Å². The highest BCUT2D eigenvalue weighted by Gasteiger charge is 2.23. The lowest BCUT2D eigenvalue weighted by Crippen LogP contribution is -2.30. The van der Waals surface area contributed by atoms with Crippen molar-refractivity contribution in [3.05, 3.63) is 65.6 Å². The van der Waals surface area contributed by atoms with E-state index in [1.807, 2.05) is 0 Å². The van der Waals surface area contributed by atoms with Crippen molar-refractivity contribution in [3.63, 3.8) is 0 Å². The van der Waals surface area contributed by atoms with Crippen molar-refractivity contribution in [2.24, 2.45) is 0 Å². The van der Waals surface area contributed by atoms with Gasteiger partial charge in [0.2, 0.25) is 5.89 Å². The van der Waals surface area contributed by atoms with Gasteiger partial charge in [0.15, 0.2) is 11.4 Å². The van der Waals surface area contributed by atoms with Crippen LogP contribution in [0.5, 0.6) is 5.75 Å². The number of rotatable bonds is 6. The number of halogens is 1. The van der Waals surface area contributed by atoms with E-state index in [0.29, 0.717) is 0 Å². The van der Waals surface area contributed by atoms with Crippen molar-refractivity contribution < 1.29 is 28.6 Å². The smallest absolute Gasteiger partial charge is 0.322 e. The standard InChI is InChI=1S/C20H14FN5O5/c21-11-5-3-10(4-6-11)8-13-25-26-20(31-13)17-18(29)15-12(2-1-7-22-15)16(24-17)19(30)23-9-14(27)28/h1-7,29H,8-9H2,(H,23,30)(H,27,28). The molecular formula is C20H14FN5O5. The van der Waals surface area contributed by atoms with E-state index in [2.05, 4.69) is 25.5 Å². The zero-order valence-corrected chi connectivity index (χ0v) is 15.7. The van der Waals surface area contributed by atoms with Crippen LogP contribution in [0.15, 0.2) is 47.0 Å². The van der Waals surface area contributed by atoms with Crippen molar-refractivity contribution in [3.8, 4) is 17.3 Å². The van der Waals surface area contributed by atoms with Crippen LogP contribution >= 0.6 is 0 Å². The largest absolute Gasteiger partial charge is 0.504 e. The number of aromatic hydroxyl groups is 1. The Morgan fingerprint density at radius 3 is 2.65 bits per heavy atom. The zero-order valence-electron chi connectivity index (χ0n) is 15.7. The number of carboxylic acid groups (broad SMARTS) is 1. The van der Waals surface area contributed by atoms with Crippen LogP contribution in [0, 0.1) is 5.82 Å². The summed E-state index contributed by atoms with van der Waals surface area (Å²) < 4.78 is 18.6. The van der Waals surface area contributed by atoms with E-state index in [-0.39, 0.29) is 52.1 Å². The highest BCUT2D eigenvalue weighted by Crippen LogP contribution is 2.34. The summed E-state index contributed by atoms with van der Waals surface area (Å²) in [5, 5.41) is 29.7. The van der Waals surface area contributed by atoms with Gasteiger partial charge in [-0.1, -0.05) is 12.1 Å². The number of carbonyl (C=O) groups is 2. The lowest BCUT2D eigenvalue weighted by molar-refractivity contribution is -0.135. The Bertz CT molecular complexity index is 1290. The fraction of sp³-hybridized carbons (Fsp3) is 0.100. The Hall–Kier alpha value is -4.41. The molecule has 0 saturated heterocycles. The SMILES string of the molecule is O=C(O)CNC(=O)c1nc(-c2nnc(Cc3ccc(F)cc3)o2)c(O)c2ncccc12. The number of aromatic nitrogens is 4. The van der Waals surface area contributed by atoms with Gasteiger partial charge in [-0.05, 0) is 29.8 Å². The van der Waals surface area contributed by atoms with E-state index in [9.17, 15) is 19.1 Å². The van der Waals surface area contributed by atoms with E-state index in [1.54, 1.807) is 18.2 Å². The van der Waals surface area contributed by atoms with E-state index < -0.39 is 18.4 Å². The molecule has 1 amide bonds. The molecule has 3 heterocycles. The predicted octanol–water partition coefficient (Wildman–Crippen LogP) is 1.93. The highest BCUT2D eigenvalue weighted by molar-refractivity contribution is 6.07. The second-order valence-electron chi connectivity index (χ2n) is 6.44. The minimum absolute atomic E-state index is 0.0614. The molecule has 31 heavy (non-hydrogen) atoms. The fourth-order valence-corrected chi connectivity index (χ4v) is 2.88. The maximum Gasteiger partial charge on any atom is 0.322 e. The summed E-state index contributed by atoms with van der Waals surface area (Å²) in [7, 11) is 0. The maximum absolute atomic E-state index is 13.1. The Labute approximate surface area is 173 Å². The van der Waals surface area contributed by atoms with Crippen molar-refractivity contribution in [2.75, 3.05) is 6.54 Å². The molecule has 10 nitrogen and oxygen atoms in total. The van der Waals surface area contributed by atoms with Crippen molar-refractivity contribution >= 4 is 22.8 Å². The van der Waals surface area contributed by atoms with Gasteiger partial charge in [0.05, 0.1) is 6.42 Å². The summed E-state index contributed by atoms with van der Waals surface area (Å²) in [6.07, 6.45) is 1.63. The third-order valence-corrected chi connectivity index (χ3v) is 4.29. The van der Waals surface area contributed by atoms with Crippen LogP contribution in [0.2, 0.25) is 0 Å². The van der Waals surface area contributed by atoms with Crippen LogP contribution in [0.1, 0.15) is 21.9 Å². The zero-order chi connectivity index (χ0) is 22.0. The number of carbonyl (C=O) groups excluding carboxylic acids is 1. The number of hydrogen-bond acceptors (Lipinski definition) is 8. The second-order valence-corrected chi connectivity index (χ2v) is 6.44. The molecule has 0 spiro atoms. The first-order chi connectivity index (χ1) is 14.9. The van der Waals surface area contributed by atoms with Gasteiger partial charge in [0.25, 0.3) is 11.8 Å². The lowest BCUT2D eigenvalue weighted by Gasteiger charge is -2.09. The molecule has 0 atom stereocenters. The van der Waals surface area contributed by atoms with Crippen molar-refractivity contribution in [1.82, 2.24) is 25.5 Å². The first kappa shape index (κ1) is 19.9. The quantitative estimate of drug-likeness (QED) is 0.422. The molecule has 0 bridgehead atoms. The Morgan fingerprint density at radius 1 is 1.13 bits per heavy atom. The topological polar surface area (TPSA) is 151 Å². The first-order valence-corrected chi connectivity index (χ1v) is 8.97. The molecule has 0 saturated carbocycles. The Kier molecular flexibility index (Phi) is 5.22. The molecule has 0 aliphatic rings. The molecule has 156 valence electrons. The van der Waals surface area contributed by atoms with Gasteiger partial charge in [-0.2, -0.15) is 0 Å². The Balaban J connectivity index is 1.73. The number of hydrogen-bond donors (Lipinski definition) is 3. The van der Waals surface area contributed by atoms with Gasteiger partial charge in [-0.25, -0.2) is 9.37 Å². The summed E-state index contributed by atoms with van der Waals surface area (Å²) in [5.41, 5.74) is 0.453. The highest BCUT2D eigenvalue weighted by atomic mass is 19.1. The number of pyridine rings is 2. The molecule has 0 unspecified atom stereocenters. The number of amides is 1. The van der Waals surface area contributed by atoms with E-state index in [0.717, 1.165) is 5.56 Å². The number of aliphatic carboxylic acids is 1. The molecule has 3 aromatic heterocycles. The summed E-state index contributed by atoms with van der Waals surface area (Å²) in [5.74, 6) is -2.72. The minimum atomic E-state index is -1.22. The molecule has 4 rings (SSSR count). The van der Waals surface area contributed by atoms with Gasteiger partial charge in [0, 0.05) is 11.6 Å². The summed E-state index contributed by atoms with van der Waals surface area (Å²) in [4.78, 5) is 31.5. The second kappa shape index (κ2) is 8.14. The molecule has 11 heteroatoms. The number of nitrogens with zero attached hydrogens (tertiary/aromatic N) is 4. The summed E-state index contributed by atoms with van der Waals surface area (Å²) in [6, 6.07) is 8.81. The van der Waals surface area contributed by atoms with Crippen LogP contribution in [0.4, 0.5) is 4.39 Å². The van der Waals surface area contributed by atoms with Crippen molar-refractivity contribution in [2.45, 2.75) is 6.42 Å². The third kappa shape index (κ3) is 4.15. The van der Waals surface area contributed by atoms with Gasteiger partial charge in [-0.15, -0.1) is 10.2 Å². The molecule has 0 aliphatic heterocycles. The van der Waals surface area contributed by atoms with Gasteiger partial charge in [0.1, 0.15) is 23.6 Å². The minimum Gasteiger partial charge on any atom is -0.504 e. The fourth-order valence-electron chi connectivity index (χ4n) is 2.88. The Morgan fingerprint density at radius 2 is 1.90 bits per heavy atom. The molecule has 1 aromatic carbocycles. The molecule has 0 aliphatic carbocycles. The van der Waals surface area contributed by atoms with Gasteiger partial charge in [-0.3, -0.25) is 14.6 Å². The first-order valence-electron chi connectivity index (χ1n) is 8.97.